The molecule has 0 aromatic heterocycles. The Labute approximate surface area is 121 Å². The molecule has 1 aromatic carbocycles. The minimum Gasteiger partial charge on any atom is -0.493 e. The Bertz CT molecular complexity index is 444. The summed E-state index contributed by atoms with van der Waals surface area (Å²) in [6.45, 7) is 3.94. The van der Waals surface area contributed by atoms with E-state index in [1.54, 1.807) is 18.2 Å². The molecule has 104 valence electrons. The molecule has 1 heterocycles. The van der Waals surface area contributed by atoms with Gasteiger partial charge in [0.2, 0.25) is 0 Å². The van der Waals surface area contributed by atoms with Gasteiger partial charge in [0.05, 0.1) is 6.61 Å². The Morgan fingerprint density at radius 1 is 1.37 bits per heavy atom. The second-order valence-corrected chi connectivity index (χ2v) is 5.61. The number of aromatic carboxylic acids is 1. The second kappa shape index (κ2) is 6.91. The van der Waals surface area contributed by atoms with E-state index in [-0.39, 0.29) is 5.56 Å². The summed E-state index contributed by atoms with van der Waals surface area (Å²) in [6.07, 6.45) is 3.50. The maximum Gasteiger partial charge on any atom is 0.339 e. The molecule has 2 rings (SSSR count). The third kappa shape index (κ3) is 4.21. The lowest BCUT2D eigenvalue weighted by atomic mass is 10.2. The number of benzene rings is 1. The van der Waals surface area contributed by atoms with Crippen LogP contribution in [-0.2, 0) is 0 Å². The Kier molecular flexibility index (Phi) is 5.22. The van der Waals surface area contributed by atoms with Crippen LogP contribution in [0.15, 0.2) is 22.7 Å². The first-order chi connectivity index (χ1) is 9.16. The van der Waals surface area contributed by atoms with Gasteiger partial charge in [-0.25, -0.2) is 4.79 Å². The highest BCUT2D eigenvalue weighted by molar-refractivity contribution is 9.10. The van der Waals surface area contributed by atoms with Gasteiger partial charge in [0.25, 0.3) is 0 Å². The van der Waals surface area contributed by atoms with Crippen molar-refractivity contribution in [3.05, 3.63) is 28.2 Å². The van der Waals surface area contributed by atoms with E-state index >= 15 is 0 Å². The van der Waals surface area contributed by atoms with E-state index in [1.807, 2.05) is 0 Å². The summed E-state index contributed by atoms with van der Waals surface area (Å²) in [6, 6.07) is 5.06. The first kappa shape index (κ1) is 14.3. The average molecular weight is 328 g/mol. The zero-order valence-corrected chi connectivity index (χ0v) is 12.4. The minimum absolute atomic E-state index is 0.204. The van der Waals surface area contributed by atoms with Gasteiger partial charge >= 0.3 is 5.97 Å². The standard InChI is InChI=1S/C14H18BrNO3/c15-11-4-5-13(12(10-11)14(17)18)19-9-3-8-16-6-1-2-7-16/h4-5,10H,1-3,6-9H2,(H,17,18). The zero-order chi connectivity index (χ0) is 13.7. The predicted octanol–water partition coefficient (Wildman–Crippen LogP) is 3.01. The number of carboxylic acids is 1. The van der Waals surface area contributed by atoms with Crippen molar-refractivity contribution >= 4 is 21.9 Å². The van der Waals surface area contributed by atoms with Crippen LogP contribution in [0.5, 0.6) is 5.75 Å². The summed E-state index contributed by atoms with van der Waals surface area (Å²) in [5.74, 6) is -0.520. The van der Waals surface area contributed by atoms with Crippen molar-refractivity contribution in [2.45, 2.75) is 19.3 Å². The molecule has 1 N–H and O–H groups in total. The zero-order valence-electron chi connectivity index (χ0n) is 10.8. The lowest BCUT2D eigenvalue weighted by Gasteiger charge is -2.15. The summed E-state index contributed by atoms with van der Waals surface area (Å²) in [4.78, 5) is 13.5. The lowest BCUT2D eigenvalue weighted by molar-refractivity contribution is 0.0692. The van der Waals surface area contributed by atoms with Gasteiger partial charge in [-0.1, -0.05) is 15.9 Å². The summed E-state index contributed by atoms with van der Waals surface area (Å²) in [5.41, 5.74) is 0.204. The molecule has 0 bridgehead atoms. The molecular weight excluding hydrogens is 310 g/mol. The number of nitrogens with zero attached hydrogens (tertiary/aromatic N) is 1. The van der Waals surface area contributed by atoms with Crippen LogP contribution < -0.4 is 4.74 Å². The molecule has 4 nitrogen and oxygen atoms in total. The van der Waals surface area contributed by atoms with Crippen molar-refractivity contribution in [1.82, 2.24) is 4.90 Å². The maximum absolute atomic E-state index is 11.1. The van der Waals surface area contributed by atoms with E-state index in [2.05, 4.69) is 20.8 Å². The quantitative estimate of drug-likeness (QED) is 0.816. The molecule has 5 heteroatoms. The number of carbonyl (C=O) groups is 1. The van der Waals surface area contributed by atoms with E-state index in [0.717, 1.165) is 17.4 Å². The topological polar surface area (TPSA) is 49.8 Å². The van der Waals surface area contributed by atoms with Gasteiger partial charge in [-0.05, 0) is 50.6 Å². The van der Waals surface area contributed by atoms with Gasteiger partial charge in [-0.3, -0.25) is 0 Å². The first-order valence-electron chi connectivity index (χ1n) is 6.55. The van der Waals surface area contributed by atoms with Gasteiger partial charge in [-0.2, -0.15) is 0 Å². The molecule has 1 saturated heterocycles. The normalized spacial score (nSPS) is 15.6. The van der Waals surface area contributed by atoms with Gasteiger partial charge in [0, 0.05) is 11.0 Å². The van der Waals surface area contributed by atoms with Crippen LogP contribution >= 0.6 is 15.9 Å². The molecule has 0 spiro atoms. The highest BCUT2D eigenvalue weighted by atomic mass is 79.9. The van der Waals surface area contributed by atoms with Crippen LogP contribution in [-0.4, -0.2) is 42.2 Å². The number of likely N-dealkylation sites (tertiary alicyclic amines) is 1. The van der Waals surface area contributed by atoms with E-state index in [1.165, 1.54) is 25.9 Å². The fourth-order valence-electron chi connectivity index (χ4n) is 2.27. The Morgan fingerprint density at radius 2 is 2.11 bits per heavy atom. The Hall–Kier alpha value is -1.07. The van der Waals surface area contributed by atoms with Crippen LogP contribution in [0.3, 0.4) is 0 Å². The lowest BCUT2D eigenvalue weighted by Crippen LogP contribution is -2.22. The van der Waals surface area contributed by atoms with Crippen LogP contribution in [0.4, 0.5) is 0 Å². The molecule has 0 unspecified atom stereocenters. The van der Waals surface area contributed by atoms with E-state index in [0.29, 0.717) is 12.4 Å². The number of hydrogen-bond donors (Lipinski definition) is 1. The molecule has 19 heavy (non-hydrogen) atoms. The minimum atomic E-state index is -0.962. The van der Waals surface area contributed by atoms with E-state index in [4.69, 9.17) is 9.84 Å². The third-order valence-electron chi connectivity index (χ3n) is 3.25. The largest absolute Gasteiger partial charge is 0.493 e. The average Bonchev–Trinajstić information content (AvgIpc) is 2.89. The highest BCUT2D eigenvalue weighted by Gasteiger charge is 2.13. The van der Waals surface area contributed by atoms with Gasteiger partial charge < -0.3 is 14.7 Å². The van der Waals surface area contributed by atoms with Crippen molar-refractivity contribution in [1.29, 1.82) is 0 Å². The summed E-state index contributed by atoms with van der Waals surface area (Å²) in [7, 11) is 0. The smallest absolute Gasteiger partial charge is 0.339 e. The van der Waals surface area contributed by atoms with E-state index in [9.17, 15) is 4.79 Å². The fraction of sp³-hybridized carbons (Fsp3) is 0.500. The van der Waals surface area contributed by atoms with Crippen LogP contribution in [0, 0.1) is 0 Å². The maximum atomic E-state index is 11.1. The number of hydrogen-bond acceptors (Lipinski definition) is 3. The molecule has 0 atom stereocenters. The highest BCUT2D eigenvalue weighted by Crippen LogP contribution is 2.23. The summed E-state index contributed by atoms with van der Waals surface area (Å²) >= 11 is 3.27. The van der Waals surface area contributed by atoms with Crippen LogP contribution in [0.2, 0.25) is 0 Å². The molecule has 1 aromatic rings. The number of halogens is 1. The third-order valence-corrected chi connectivity index (χ3v) is 3.74. The number of carboxylic acid groups (broad SMARTS) is 1. The van der Waals surface area contributed by atoms with Gasteiger partial charge in [0.15, 0.2) is 0 Å². The number of rotatable bonds is 6. The van der Waals surface area contributed by atoms with Gasteiger partial charge in [-0.15, -0.1) is 0 Å². The Balaban J connectivity index is 1.83. The fourth-order valence-corrected chi connectivity index (χ4v) is 2.63. The molecule has 0 amide bonds. The van der Waals surface area contributed by atoms with Gasteiger partial charge in [0.1, 0.15) is 11.3 Å². The van der Waals surface area contributed by atoms with Crippen molar-refractivity contribution in [2.24, 2.45) is 0 Å². The molecule has 1 fully saturated rings. The molecule has 0 saturated carbocycles. The summed E-state index contributed by atoms with van der Waals surface area (Å²) in [5, 5.41) is 9.11. The SMILES string of the molecule is O=C(O)c1cc(Br)ccc1OCCCN1CCCC1. The van der Waals surface area contributed by atoms with Crippen molar-refractivity contribution < 1.29 is 14.6 Å². The van der Waals surface area contributed by atoms with Crippen molar-refractivity contribution in [3.63, 3.8) is 0 Å². The van der Waals surface area contributed by atoms with Crippen LogP contribution in [0.1, 0.15) is 29.6 Å². The monoisotopic (exact) mass is 327 g/mol. The summed E-state index contributed by atoms with van der Waals surface area (Å²) < 4.78 is 6.33. The predicted molar refractivity (Wildman–Crippen MR) is 76.9 cm³/mol. The molecular formula is C14H18BrNO3. The second-order valence-electron chi connectivity index (χ2n) is 4.70. The van der Waals surface area contributed by atoms with Crippen LogP contribution in [0.25, 0.3) is 0 Å². The molecule has 1 aliphatic heterocycles. The van der Waals surface area contributed by atoms with E-state index < -0.39 is 5.97 Å². The number of ether oxygens (including phenoxy) is 1. The molecule has 1 aliphatic rings. The van der Waals surface area contributed by atoms with Crippen molar-refractivity contribution in [3.8, 4) is 5.75 Å². The Morgan fingerprint density at radius 3 is 2.79 bits per heavy atom. The molecule has 0 radical (unpaired) electrons. The first-order valence-corrected chi connectivity index (χ1v) is 7.34. The molecule has 0 aliphatic carbocycles. The van der Waals surface area contributed by atoms with Crippen molar-refractivity contribution in [2.75, 3.05) is 26.2 Å².